The first-order chi connectivity index (χ1) is 4.36. The van der Waals surface area contributed by atoms with Gasteiger partial charge in [0.2, 0.25) is 0 Å². The van der Waals surface area contributed by atoms with Crippen LogP contribution in [0.3, 0.4) is 0 Å². The van der Waals surface area contributed by atoms with E-state index < -0.39 is 0 Å². The van der Waals surface area contributed by atoms with E-state index in [9.17, 15) is 0 Å². The zero-order valence-electron chi connectivity index (χ0n) is 5.85. The molecular formula is C9H12. The molecule has 0 aromatic carbocycles. The van der Waals surface area contributed by atoms with Crippen LogP contribution in [0.4, 0.5) is 0 Å². The third-order valence-corrected chi connectivity index (χ3v) is 3.62. The summed E-state index contributed by atoms with van der Waals surface area (Å²) >= 11 is 0. The van der Waals surface area contributed by atoms with Gasteiger partial charge in [-0.1, -0.05) is 18.1 Å². The Labute approximate surface area is 56.0 Å². The lowest BCUT2D eigenvalue weighted by molar-refractivity contribution is 0.316. The van der Waals surface area contributed by atoms with E-state index >= 15 is 0 Å². The second-order valence-corrected chi connectivity index (χ2v) is 3.96. The molecule has 0 heterocycles. The fraction of sp³-hybridized carbons (Fsp3) is 0.778. The standard InChI is InChI=1S/C9H12/c1-5-7-2-6-3-8(5)9(7)4-6/h5-7H,2-4H2,1H3. The molecule has 0 aliphatic heterocycles. The molecule has 0 aromatic heterocycles. The number of rotatable bonds is 0. The number of allylic oxidation sites excluding steroid dienone is 2. The molecule has 0 radical (unpaired) electrons. The molecule has 0 nitrogen and oxygen atoms in total. The van der Waals surface area contributed by atoms with Crippen LogP contribution in [0, 0.1) is 17.8 Å². The van der Waals surface area contributed by atoms with Crippen LogP contribution < -0.4 is 0 Å². The van der Waals surface area contributed by atoms with Gasteiger partial charge in [-0.15, -0.1) is 0 Å². The minimum Gasteiger partial charge on any atom is -0.0670 e. The van der Waals surface area contributed by atoms with Crippen molar-refractivity contribution in [3.05, 3.63) is 11.1 Å². The number of hydrogen-bond donors (Lipinski definition) is 0. The zero-order valence-corrected chi connectivity index (χ0v) is 5.85. The molecule has 0 saturated heterocycles. The third-order valence-electron chi connectivity index (χ3n) is 3.62. The van der Waals surface area contributed by atoms with Gasteiger partial charge in [-0.2, -0.15) is 0 Å². The Morgan fingerprint density at radius 2 is 2.00 bits per heavy atom. The van der Waals surface area contributed by atoms with Crippen molar-refractivity contribution in [3.63, 3.8) is 0 Å². The predicted molar refractivity (Wildman–Crippen MR) is 37.0 cm³/mol. The Hall–Kier alpha value is -0.260. The van der Waals surface area contributed by atoms with Gasteiger partial charge in [-0.25, -0.2) is 0 Å². The average Bonchev–Trinajstić information content (AvgIpc) is 2.40. The summed E-state index contributed by atoms with van der Waals surface area (Å²) in [5.41, 5.74) is 3.74. The predicted octanol–water partition coefficient (Wildman–Crippen LogP) is 2.36. The molecular weight excluding hydrogens is 108 g/mol. The van der Waals surface area contributed by atoms with E-state index in [0.29, 0.717) is 0 Å². The van der Waals surface area contributed by atoms with E-state index in [2.05, 4.69) is 6.92 Å². The van der Waals surface area contributed by atoms with E-state index in [1.807, 2.05) is 11.1 Å². The summed E-state index contributed by atoms with van der Waals surface area (Å²) in [6.45, 7) is 2.41. The molecule has 1 saturated carbocycles. The molecule has 0 spiro atoms. The molecule has 0 aromatic rings. The molecule has 9 heavy (non-hydrogen) atoms. The van der Waals surface area contributed by atoms with Crippen LogP contribution in [0.5, 0.6) is 0 Å². The van der Waals surface area contributed by atoms with Gasteiger partial charge >= 0.3 is 0 Å². The number of fused-ring (bicyclic) bond motifs is 1. The highest BCUT2D eigenvalue weighted by Crippen LogP contribution is 2.61. The van der Waals surface area contributed by atoms with Crippen molar-refractivity contribution in [1.82, 2.24) is 0 Å². The first-order valence-corrected chi connectivity index (χ1v) is 4.08. The van der Waals surface area contributed by atoms with Crippen LogP contribution >= 0.6 is 0 Å². The van der Waals surface area contributed by atoms with Crippen LogP contribution in [0.15, 0.2) is 11.1 Å². The highest BCUT2D eigenvalue weighted by molar-refractivity contribution is 5.40. The minimum atomic E-state index is 0.999. The molecule has 48 valence electrons. The number of hydrogen-bond acceptors (Lipinski definition) is 0. The molecule has 2 bridgehead atoms. The van der Waals surface area contributed by atoms with E-state index in [-0.39, 0.29) is 0 Å². The molecule has 3 rings (SSSR count). The van der Waals surface area contributed by atoms with Crippen molar-refractivity contribution in [2.24, 2.45) is 17.8 Å². The smallest absolute Gasteiger partial charge is 0.0134 e. The third kappa shape index (κ3) is 0.331. The quantitative estimate of drug-likeness (QED) is 0.430. The monoisotopic (exact) mass is 120 g/mol. The molecule has 0 amide bonds. The van der Waals surface area contributed by atoms with E-state index in [0.717, 1.165) is 17.8 Å². The van der Waals surface area contributed by atoms with Crippen LogP contribution in [-0.2, 0) is 0 Å². The van der Waals surface area contributed by atoms with Crippen molar-refractivity contribution in [1.29, 1.82) is 0 Å². The maximum Gasteiger partial charge on any atom is -0.0134 e. The Morgan fingerprint density at radius 1 is 1.22 bits per heavy atom. The Bertz CT molecular complexity index is 200. The highest BCUT2D eigenvalue weighted by atomic mass is 14.5. The van der Waals surface area contributed by atoms with Gasteiger partial charge in [-0.3, -0.25) is 0 Å². The molecule has 3 aliphatic carbocycles. The van der Waals surface area contributed by atoms with Crippen molar-refractivity contribution in [2.75, 3.05) is 0 Å². The maximum absolute atomic E-state index is 2.41. The lowest BCUT2D eigenvalue weighted by atomic mass is 9.67. The van der Waals surface area contributed by atoms with Gasteiger partial charge in [0, 0.05) is 0 Å². The lowest BCUT2D eigenvalue weighted by Crippen LogP contribution is -2.27. The molecule has 1 fully saturated rings. The SMILES string of the molecule is CC1C2=C3CC(C2)CC31. The first kappa shape index (κ1) is 4.54. The molecule has 3 unspecified atom stereocenters. The summed E-state index contributed by atoms with van der Waals surface area (Å²) in [5.74, 6) is 3.17. The summed E-state index contributed by atoms with van der Waals surface area (Å²) in [6.07, 6.45) is 4.51. The average molecular weight is 120 g/mol. The van der Waals surface area contributed by atoms with Crippen LogP contribution in [0.25, 0.3) is 0 Å². The van der Waals surface area contributed by atoms with Crippen molar-refractivity contribution in [2.45, 2.75) is 26.2 Å². The fourth-order valence-corrected chi connectivity index (χ4v) is 3.14. The van der Waals surface area contributed by atoms with Crippen LogP contribution in [0.1, 0.15) is 26.2 Å². The molecule has 0 heteroatoms. The van der Waals surface area contributed by atoms with Crippen LogP contribution in [-0.4, -0.2) is 0 Å². The molecule has 3 aliphatic rings. The second kappa shape index (κ2) is 1.12. The van der Waals surface area contributed by atoms with Gasteiger partial charge in [-0.05, 0) is 37.0 Å². The summed E-state index contributed by atoms with van der Waals surface area (Å²) < 4.78 is 0. The van der Waals surface area contributed by atoms with Gasteiger partial charge < -0.3 is 0 Å². The highest BCUT2D eigenvalue weighted by Gasteiger charge is 2.49. The fourth-order valence-electron chi connectivity index (χ4n) is 3.14. The van der Waals surface area contributed by atoms with Gasteiger partial charge in [0.25, 0.3) is 0 Å². The van der Waals surface area contributed by atoms with Crippen LogP contribution in [0.2, 0.25) is 0 Å². The van der Waals surface area contributed by atoms with Crippen molar-refractivity contribution >= 4 is 0 Å². The van der Waals surface area contributed by atoms with Crippen molar-refractivity contribution in [3.8, 4) is 0 Å². The second-order valence-electron chi connectivity index (χ2n) is 3.96. The Morgan fingerprint density at radius 3 is 2.33 bits per heavy atom. The topological polar surface area (TPSA) is 0 Å². The normalized spacial score (nSPS) is 52.3. The molecule has 0 N–H and O–H groups in total. The Kier molecular flexibility index (Phi) is 0.564. The van der Waals surface area contributed by atoms with Gasteiger partial charge in [0.15, 0.2) is 0 Å². The summed E-state index contributed by atoms with van der Waals surface area (Å²) in [6, 6.07) is 0. The van der Waals surface area contributed by atoms with E-state index in [1.165, 1.54) is 12.8 Å². The Balaban J connectivity index is 2.15. The maximum atomic E-state index is 2.41. The van der Waals surface area contributed by atoms with E-state index in [4.69, 9.17) is 0 Å². The first-order valence-electron chi connectivity index (χ1n) is 4.08. The zero-order chi connectivity index (χ0) is 6.01. The summed E-state index contributed by atoms with van der Waals surface area (Å²) in [7, 11) is 0. The van der Waals surface area contributed by atoms with Crippen molar-refractivity contribution < 1.29 is 0 Å². The molecule has 3 atom stereocenters. The van der Waals surface area contributed by atoms with E-state index in [1.54, 1.807) is 6.42 Å². The summed E-state index contributed by atoms with van der Waals surface area (Å²) in [5, 5.41) is 0. The van der Waals surface area contributed by atoms with Gasteiger partial charge in [0.05, 0.1) is 0 Å². The largest absolute Gasteiger partial charge is 0.0670 e. The van der Waals surface area contributed by atoms with Gasteiger partial charge in [0.1, 0.15) is 0 Å². The lowest BCUT2D eigenvalue weighted by Gasteiger charge is -2.38. The summed E-state index contributed by atoms with van der Waals surface area (Å²) in [4.78, 5) is 0. The minimum absolute atomic E-state index is 0.999.